The second-order valence-electron chi connectivity index (χ2n) is 4.68. The molecule has 18 heavy (non-hydrogen) atoms. The van der Waals surface area contributed by atoms with E-state index in [0.29, 0.717) is 5.02 Å². The fourth-order valence-electron chi connectivity index (χ4n) is 2.16. The number of halogens is 2. The molecule has 1 rings (SSSR count). The van der Waals surface area contributed by atoms with E-state index in [0.717, 1.165) is 13.1 Å². The van der Waals surface area contributed by atoms with Gasteiger partial charge >= 0.3 is 0 Å². The van der Waals surface area contributed by atoms with E-state index < -0.39 is 11.4 Å². The van der Waals surface area contributed by atoms with Crippen LogP contribution in [0.15, 0.2) is 18.2 Å². The number of benzene rings is 1. The van der Waals surface area contributed by atoms with Crippen LogP contribution in [0.2, 0.25) is 5.02 Å². The number of likely N-dealkylation sites (N-methyl/N-ethyl adjacent to an activating group) is 1. The summed E-state index contributed by atoms with van der Waals surface area (Å²) in [7, 11) is 0. The fourth-order valence-corrected chi connectivity index (χ4v) is 2.36. The maximum Gasteiger partial charge on any atom is 0.184 e. The van der Waals surface area contributed by atoms with Crippen molar-refractivity contribution in [3.8, 4) is 0 Å². The minimum Gasteiger partial charge on any atom is -0.292 e. The molecular weight excluding hydrogens is 253 g/mol. The van der Waals surface area contributed by atoms with Crippen LogP contribution in [0.25, 0.3) is 0 Å². The molecule has 100 valence electrons. The molecule has 0 aromatic heterocycles. The van der Waals surface area contributed by atoms with Gasteiger partial charge in [-0.2, -0.15) is 0 Å². The highest BCUT2D eigenvalue weighted by molar-refractivity contribution is 6.34. The average molecular weight is 272 g/mol. The second-order valence-corrected chi connectivity index (χ2v) is 5.09. The second kappa shape index (κ2) is 5.81. The van der Waals surface area contributed by atoms with Crippen molar-refractivity contribution >= 4 is 17.4 Å². The smallest absolute Gasteiger partial charge is 0.184 e. The Bertz CT molecular complexity index is 441. The first-order chi connectivity index (χ1) is 8.34. The van der Waals surface area contributed by atoms with E-state index in [9.17, 15) is 9.18 Å². The van der Waals surface area contributed by atoms with Gasteiger partial charge in [0.15, 0.2) is 5.78 Å². The Morgan fingerprint density at radius 1 is 1.33 bits per heavy atom. The van der Waals surface area contributed by atoms with Gasteiger partial charge in [0.1, 0.15) is 5.82 Å². The van der Waals surface area contributed by atoms with Crippen LogP contribution >= 0.6 is 11.6 Å². The molecule has 2 nitrogen and oxygen atoms in total. The summed E-state index contributed by atoms with van der Waals surface area (Å²) in [6, 6.07) is 3.88. The summed E-state index contributed by atoms with van der Waals surface area (Å²) in [5.41, 5.74) is -0.449. The van der Waals surface area contributed by atoms with Crippen LogP contribution in [0.5, 0.6) is 0 Å². The van der Waals surface area contributed by atoms with Gasteiger partial charge in [-0.15, -0.1) is 0 Å². The number of ketones is 1. The molecule has 0 aliphatic heterocycles. The Balaban J connectivity index is 3.16. The summed E-state index contributed by atoms with van der Waals surface area (Å²) < 4.78 is 13.2. The lowest BCUT2D eigenvalue weighted by atomic mass is 9.91. The Hall–Kier alpha value is -0.930. The van der Waals surface area contributed by atoms with Gasteiger partial charge in [-0.1, -0.05) is 25.4 Å². The van der Waals surface area contributed by atoms with Crippen LogP contribution in [-0.4, -0.2) is 29.3 Å². The van der Waals surface area contributed by atoms with Crippen molar-refractivity contribution in [1.82, 2.24) is 4.90 Å². The number of hydrogen-bond donors (Lipinski definition) is 0. The lowest BCUT2D eigenvalue weighted by Crippen LogP contribution is -2.50. The Labute approximate surface area is 113 Å². The van der Waals surface area contributed by atoms with Crippen LogP contribution in [0.4, 0.5) is 4.39 Å². The van der Waals surface area contributed by atoms with Crippen LogP contribution in [0.3, 0.4) is 0 Å². The highest BCUT2D eigenvalue weighted by atomic mass is 35.5. The average Bonchev–Trinajstić information content (AvgIpc) is 2.32. The topological polar surface area (TPSA) is 20.3 Å². The minimum atomic E-state index is -0.694. The molecule has 1 aromatic carbocycles. The van der Waals surface area contributed by atoms with Gasteiger partial charge in [0, 0.05) is 5.56 Å². The van der Waals surface area contributed by atoms with Gasteiger partial charge in [-0.3, -0.25) is 9.69 Å². The largest absolute Gasteiger partial charge is 0.292 e. The van der Waals surface area contributed by atoms with Crippen LogP contribution < -0.4 is 0 Å². The molecule has 0 fully saturated rings. The van der Waals surface area contributed by atoms with Crippen LogP contribution in [-0.2, 0) is 0 Å². The van der Waals surface area contributed by atoms with E-state index in [-0.39, 0.29) is 11.3 Å². The molecule has 0 amide bonds. The van der Waals surface area contributed by atoms with E-state index in [2.05, 4.69) is 0 Å². The lowest BCUT2D eigenvalue weighted by Gasteiger charge is -2.36. The first-order valence-electron chi connectivity index (χ1n) is 6.09. The van der Waals surface area contributed by atoms with E-state index in [4.69, 9.17) is 11.6 Å². The third kappa shape index (κ3) is 2.90. The zero-order valence-electron chi connectivity index (χ0n) is 11.3. The number of carbonyl (C=O) groups excluding carboxylic acids is 1. The van der Waals surface area contributed by atoms with Gasteiger partial charge < -0.3 is 0 Å². The molecule has 0 spiro atoms. The Kier molecular flexibility index (Phi) is 4.88. The quantitative estimate of drug-likeness (QED) is 0.760. The standard InChI is InChI=1S/C14H19ClFNO/c1-5-17(6-2)14(3,4)13(18)11-9-10(16)7-8-12(11)15/h7-9H,5-6H2,1-4H3. The molecule has 0 N–H and O–H groups in total. The molecule has 0 saturated heterocycles. The minimum absolute atomic E-state index is 0.157. The summed E-state index contributed by atoms with van der Waals surface area (Å²) in [4.78, 5) is 14.5. The van der Waals surface area contributed by atoms with E-state index in [1.807, 2.05) is 32.6 Å². The van der Waals surface area contributed by atoms with Crippen LogP contribution in [0, 0.1) is 5.82 Å². The predicted octanol–water partition coefficient (Wildman–Crippen LogP) is 3.78. The Morgan fingerprint density at radius 3 is 2.39 bits per heavy atom. The first-order valence-corrected chi connectivity index (χ1v) is 6.47. The number of carbonyl (C=O) groups is 1. The lowest BCUT2D eigenvalue weighted by molar-refractivity contribution is 0.0668. The summed E-state index contributed by atoms with van der Waals surface area (Å²) >= 11 is 5.98. The van der Waals surface area contributed by atoms with Crippen molar-refractivity contribution in [2.45, 2.75) is 33.2 Å². The van der Waals surface area contributed by atoms with Crippen molar-refractivity contribution in [2.24, 2.45) is 0 Å². The molecular formula is C14H19ClFNO. The number of rotatable bonds is 5. The first kappa shape index (κ1) is 15.1. The van der Waals surface area contributed by atoms with Crippen molar-refractivity contribution in [2.75, 3.05) is 13.1 Å². The number of nitrogens with zero attached hydrogens (tertiary/aromatic N) is 1. The number of Topliss-reactive ketones (excluding diaryl/α,β-unsaturated/α-hetero) is 1. The summed E-state index contributed by atoms with van der Waals surface area (Å²) in [5.74, 6) is -0.603. The molecule has 0 bridgehead atoms. The third-order valence-electron chi connectivity index (χ3n) is 3.28. The fraction of sp³-hybridized carbons (Fsp3) is 0.500. The zero-order chi connectivity index (χ0) is 13.9. The van der Waals surface area contributed by atoms with Gasteiger partial charge in [-0.05, 0) is 45.1 Å². The highest BCUT2D eigenvalue weighted by Gasteiger charge is 2.34. The van der Waals surface area contributed by atoms with Crippen molar-refractivity contribution < 1.29 is 9.18 Å². The summed E-state index contributed by atoms with van der Waals surface area (Å²) in [6.07, 6.45) is 0. The SMILES string of the molecule is CCN(CC)C(C)(C)C(=O)c1cc(F)ccc1Cl. The van der Waals surface area contributed by atoms with Crippen molar-refractivity contribution in [1.29, 1.82) is 0 Å². The third-order valence-corrected chi connectivity index (χ3v) is 3.61. The normalized spacial score (nSPS) is 11.9. The van der Waals surface area contributed by atoms with Gasteiger partial charge in [0.05, 0.1) is 10.6 Å². The molecule has 0 aliphatic carbocycles. The van der Waals surface area contributed by atoms with E-state index >= 15 is 0 Å². The predicted molar refractivity (Wildman–Crippen MR) is 72.7 cm³/mol. The molecule has 0 unspecified atom stereocenters. The molecule has 0 radical (unpaired) electrons. The van der Waals surface area contributed by atoms with Gasteiger partial charge in [-0.25, -0.2) is 4.39 Å². The molecule has 0 atom stereocenters. The van der Waals surface area contributed by atoms with Crippen molar-refractivity contribution in [3.63, 3.8) is 0 Å². The molecule has 0 saturated carbocycles. The molecule has 4 heteroatoms. The molecule has 1 aromatic rings. The number of hydrogen-bond acceptors (Lipinski definition) is 2. The Morgan fingerprint density at radius 2 is 1.89 bits per heavy atom. The van der Waals surface area contributed by atoms with E-state index in [1.54, 1.807) is 0 Å². The summed E-state index contributed by atoms with van der Waals surface area (Å²) in [5, 5.41) is 0.293. The van der Waals surface area contributed by atoms with Gasteiger partial charge in [0.2, 0.25) is 0 Å². The maximum absolute atomic E-state index is 13.2. The van der Waals surface area contributed by atoms with Crippen molar-refractivity contribution in [3.05, 3.63) is 34.6 Å². The molecule has 0 aliphatic rings. The van der Waals surface area contributed by atoms with Gasteiger partial charge in [0.25, 0.3) is 0 Å². The monoisotopic (exact) mass is 271 g/mol. The molecule has 0 heterocycles. The van der Waals surface area contributed by atoms with E-state index in [1.165, 1.54) is 18.2 Å². The highest BCUT2D eigenvalue weighted by Crippen LogP contribution is 2.25. The van der Waals surface area contributed by atoms with Crippen LogP contribution in [0.1, 0.15) is 38.1 Å². The zero-order valence-corrected chi connectivity index (χ0v) is 12.0. The summed E-state index contributed by atoms with van der Waals surface area (Å²) in [6.45, 7) is 9.16. The maximum atomic E-state index is 13.2.